The first kappa shape index (κ1) is 18.4. The number of hydrogen-bond acceptors (Lipinski definition) is 4. The van der Waals surface area contributed by atoms with Crippen molar-refractivity contribution in [3.05, 3.63) is 54.1 Å². The highest BCUT2D eigenvalue weighted by Crippen LogP contribution is 2.37. The number of hydrogen-bond donors (Lipinski definition) is 1. The molecule has 1 fully saturated rings. The van der Waals surface area contributed by atoms with Crippen LogP contribution in [0.1, 0.15) is 31.4 Å². The molecule has 2 aromatic rings. The highest BCUT2D eigenvalue weighted by atomic mass is 32.2. The Kier molecular flexibility index (Phi) is 5.29. The van der Waals surface area contributed by atoms with Gasteiger partial charge in [-0.25, -0.2) is 8.42 Å². The van der Waals surface area contributed by atoms with E-state index in [1.807, 2.05) is 24.3 Å². The molecule has 1 N–H and O–H groups in total. The summed E-state index contributed by atoms with van der Waals surface area (Å²) in [5, 5.41) is 2.64. The van der Waals surface area contributed by atoms with Gasteiger partial charge in [0.2, 0.25) is 15.9 Å². The summed E-state index contributed by atoms with van der Waals surface area (Å²) in [4.78, 5) is 11.3. The molecule has 1 saturated heterocycles. The first-order valence-electron chi connectivity index (χ1n) is 8.45. The third-order valence-corrected chi connectivity index (χ3v) is 6.39. The zero-order chi connectivity index (χ0) is 18.7. The first-order valence-corrected chi connectivity index (χ1v) is 9.89. The number of methoxy groups -OCH3 is 1. The predicted octanol–water partition coefficient (Wildman–Crippen LogP) is 3.18. The van der Waals surface area contributed by atoms with Crippen molar-refractivity contribution in [2.24, 2.45) is 0 Å². The number of nitrogens with one attached hydrogen (secondary N) is 1. The second-order valence-corrected chi connectivity index (χ2v) is 8.15. The lowest BCUT2D eigenvalue weighted by molar-refractivity contribution is -0.114. The van der Waals surface area contributed by atoms with Gasteiger partial charge in [-0.1, -0.05) is 12.1 Å². The molecule has 0 radical (unpaired) electrons. The van der Waals surface area contributed by atoms with E-state index in [-0.39, 0.29) is 16.8 Å². The van der Waals surface area contributed by atoms with Crippen LogP contribution in [-0.4, -0.2) is 32.3 Å². The molecule has 6 nitrogen and oxygen atoms in total. The Morgan fingerprint density at radius 2 is 1.92 bits per heavy atom. The van der Waals surface area contributed by atoms with Crippen molar-refractivity contribution in [3.63, 3.8) is 0 Å². The summed E-state index contributed by atoms with van der Waals surface area (Å²) in [5.74, 6) is 0.518. The maximum Gasteiger partial charge on any atom is 0.243 e. The molecule has 1 aliphatic rings. The lowest BCUT2D eigenvalue weighted by Crippen LogP contribution is -2.30. The Hall–Kier alpha value is -2.38. The first-order chi connectivity index (χ1) is 12.4. The minimum absolute atomic E-state index is 0.196. The van der Waals surface area contributed by atoms with Gasteiger partial charge in [0.25, 0.3) is 0 Å². The van der Waals surface area contributed by atoms with E-state index in [0.29, 0.717) is 18.0 Å². The SMILES string of the molecule is COc1cccc([C@H]2CCCN2S(=O)(=O)c2ccc(NC(C)=O)cc2)c1. The third kappa shape index (κ3) is 3.73. The largest absolute Gasteiger partial charge is 0.497 e. The van der Waals surface area contributed by atoms with E-state index in [1.165, 1.54) is 19.1 Å². The van der Waals surface area contributed by atoms with Gasteiger partial charge in [0.15, 0.2) is 0 Å². The molecule has 1 aliphatic heterocycles. The number of nitrogens with zero attached hydrogens (tertiary/aromatic N) is 1. The van der Waals surface area contributed by atoms with Gasteiger partial charge in [-0.05, 0) is 54.8 Å². The van der Waals surface area contributed by atoms with Crippen LogP contribution in [0.4, 0.5) is 5.69 Å². The summed E-state index contributed by atoms with van der Waals surface area (Å²) in [7, 11) is -2.02. The van der Waals surface area contributed by atoms with Crippen LogP contribution in [0, 0.1) is 0 Å². The van der Waals surface area contributed by atoms with E-state index < -0.39 is 10.0 Å². The molecular formula is C19H22N2O4S. The quantitative estimate of drug-likeness (QED) is 0.872. The van der Waals surface area contributed by atoms with Crippen LogP contribution in [0.2, 0.25) is 0 Å². The number of benzene rings is 2. The van der Waals surface area contributed by atoms with Crippen LogP contribution in [0.25, 0.3) is 0 Å². The average molecular weight is 374 g/mol. The predicted molar refractivity (Wildman–Crippen MR) is 99.6 cm³/mol. The molecule has 2 aromatic carbocycles. The molecule has 3 rings (SSSR count). The third-order valence-electron chi connectivity index (χ3n) is 4.46. The molecule has 0 saturated carbocycles. The molecule has 1 amide bonds. The summed E-state index contributed by atoms with van der Waals surface area (Å²) in [5.41, 5.74) is 1.50. The molecule has 0 unspecified atom stereocenters. The van der Waals surface area contributed by atoms with E-state index in [1.54, 1.807) is 23.5 Å². The number of rotatable bonds is 5. The van der Waals surface area contributed by atoms with Crippen LogP contribution in [-0.2, 0) is 14.8 Å². The van der Waals surface area contributed by atoms with Gasteiger partial charge >= 0.3 is 0 Å². The number of sulfonamides is 1. The van der Waals surface area contributed by atoms with Crippen molar-refractivity contribution in [2.45, 2.75) is 30.7 Å². The number of carbonyl (C=O) groups is 1. The minimum atomic E-state index is -3.62. The van der Waals surface area contributed by atoms with Gasteiger partial charge in [-0.3, -0.25) is 4.79 Å². The van der Waals surface area contributed by atoms with Gasteiger partial charge in [0.1, 0.15) is 5.75 Å². The molecule has 1 heterocycles. The zero-order valence-corrected chi connectivity index (χ0v) is 15.6. The summed E-state index contributed by atoms with van der Waals surface area (Å²) in [6, 6.07) is 13.6. The number of carbonyl (C=O) groups excluding carboxylic acids is 1. The smallest absolute Gasteiger partial charge is 0.243 e. The molecule has 26 heavy (non-hydrogen) atoms. The van der Waals surface area contributed by atoms with Crippen molar-refractivity contribution < 1.29 is 17.9 Å². The Bertz CT molecular complexity index is 894. The van der Waals surface area contributed by atoms with Gasteiger partial charge in [-0.2, -0.15) is 4.31 Å². The molecule has 1 atom stereocenters. The van der Waals surface area contributed by atoms with Crippen molar-refractivity contribution in [2.75, 3.05) is 19.0 Å². The van der Waals surface area contributed by atoms with Crippen LogP contribution in [0.3, 0.4) is 0 Å². The van der Waals surface area contributed by atoms with Crippen molar-refractivity contribution in [1.29, 1.82) is 0 Å². The topological polar surface area (TPSA) is 75.7 Å². The van der Waals surface area contributed by atoms with E-state index >= 15 is 0 Å². The van der Waals surface area contributed by atoms with E-state index in [2.05, 4.69) is 5.32 Å². The van der Waals surface area contributed by atoms with Crippen molar-refractivity contribution in [3.8, 4) is 5.75 Å². The second-order valence-electron chi connectivity index (χ2n) is 6.26. The fraction of sp³-hybridized carbons (Fsp3) is 0.316. The monoisotopic (exact) mass is 374 g/mol. The van der Waals surface area contributed by atoms with Crippen molar-refractivity contribution >= 4 is 21.6 Å². The van der Waals surface area contributed by atoms with Gasteiger partial charge < -0.3 is 10.1 Å². The number of amides is 1. The number of anilines is 1. The fourth-order valence-electron chi connectivity index (χ4n) is 3.26. The lowest BCUT2D eigenvalue weighted by atomic mass is 10.1. The Balaban J connectivity index is 1.88. The fourth-order valence-corrected chi connectivity index (χ4v) is 4.94. The summed E-state index contributed by atoms with van der Waals surface area (Å²) in [6.07, 6.45) is 1.58. The molecule has 0 spiro atoms. The maximum absolute atomic E-state index is 13.1. The highest BCUT2D eigenvalue weighted by Gasteiger charge is 2.36. The van der Waals surface area contributed by atoms with Crippen LogP contribution >= 0.6 is 0 Å². The van der Waals surface area contributed by atoms with E-state index in [0.717, 1.165) is 18.4 Å². The maximum atomic E-state index is 13.1. The second kappa shape index (κ2) is 7.47. The average Bonchev–Trinajstić information content (AvgIpc) is 3.12. The molecule has 7 heteroatoms. The minimum Gasteiger partial charge on any atom is -0.497 e. The molecular weight excluding hydrogens is 352 g/mol. The summed E-state index contributed by atoms with van der Waals surface area (Å²) in [6.45, 7) is 1.89. The molecule has 0 aliphatic carbocycles. The van der Waals surface area contributed by atoms with E-state index in [9.17, 15) is 13.2 Å². The van der Waals surface area contributed by atoms with Crippen LogP contribution in [0.15, 0.2) is 53.4 Å². The van der Waals surface area contributed by atoms with Crippen LogP contribution < -0.4 is 10.1 Å². The molecule has 0 aromatic heterocycles. The normalized spacial score (nSPS) is 17.8. The molecule has 138 valence electrons. The van der Waals surface area contributed by atoms with Crippen LogP contribution in [0.5, 0.6) is 5.75 Å². The van der Waals surface area contributed by atoms with E-state index in [4.69, 9.17) is 4.74 Å². The number of ether oxygens (including phenoxy) is 1. The zero-order valence-electron chi connectivity index (χ0n) is 14.8. The standard InChI is InChI=1S/C19H22N2O4S/c1-14(22)20-16-8-10-18(11-9-16)26(23,24)21-12-4-7-19(21)15-5-3-6-17(13-15)25-2/h3,5-6,8-11,13,19H,4,7,12H2,1-2H3,(H,20,22)/t19-/m1/s1. The Morgan fingerprint density at radius 1 is 1.19 bits per heavy atom. The van der Waals surface area contributed by atoms with Gasteiger partial charge in [0, 0.05) is 19.2 Å². The Morgan fingerprint density at radius 3 is 2.58 bits per heavy atom. The lowest BCUT2D eigenvalue weighted by Gasteiger charge is -2.25. The van der Waals surface area contributed by atoms with Crippen molar-refractivity contribution in [1.82, 2.24) is 4.31 Å². The van der Waals surface area contributed by atoms with Gasteiger partial charge in [-0.15, -0.1) is 0 Å². The summed E-state index contributed by atoms with van der Waals surface area (Å²) < 4.78 is 33.0. The Labute approximate surface area is 153 Å². The molecule has 0 bridgehead atoms. The highest BCUT2D eigenvalue weighted by molar-refractivity contribution is 7.89. The summed E-state index contributed by atoms with van der Waals surface area (Å²) >= 11 is 0. The van der Waals surface area contributed by atoms with Gasteiger partial charge in [0.05, 0.1) is 18.0 Å².